The highest BCUT2D eigenvalue weighted by Crippen LogP contribution is 2.30. The van der Waals surface area contributed by atoms with Gasteiger partial charge in [-0.05, 0) is 44.6 Å². The number of aromatic nitrogens is 2. The third-order valence-electron chi connectivity index (χ3n) is 4.34. The predicted molar refractivity (Wildman–Crippen MR) is 89.5 cm³/mol. The largest absolute Gasteiger partial charge is 0.387 e. The van der Waals surface area contributed by atoms with Crippen LogP contribution in [0.15, 0.2) is 23.7 Å². The zero-order valence-corrected chi connectivity index (χ0v) is 14.2. The Balaban J connectivity index is 1.74. The number of thiophene rings is 1. The minimum atomic E-state index is -0.510. The lowest BCUT2D eigenvalue weighted by molar-refractivity contribution is 0.0668. The molecule has 0 bridgehead atoms. The summed E-state index contributed by atoms with van der Waals surface area (Å²) in [6.45, 7) is 4.39. The number of hydrogen-bond acceptors (Lipinski definition) is 5. The molecule has 0 saturated carbocycles. The van der Waals surface area contributed by atoms with Crippen LogP contribution in [0.3, 0.4) is 0 Å². The van der Waals surface area contributed by atoms with Gasteiger partial charge >= 0.3 is 0 Å². The summed E-state index contributed by atoms with van der Waals surface area (Å²) in [6, 6.07) is 3.95. The molecule has 2 unspecified atom stereocenters. The van der Waals surface area contributed by atoms with Gasteiger partial charge < -0.3 is 10.0 Å². The van der Waals surface area contributed by atoms with Crippen LogP contribution in [0.5, 0.6) is 0 Å². The summed E-state index contributed by atoms with van der Waals surface area (Å²) in [4.78, 5) is 24.1. The second-order valence-corrected chi connectivity index (χ2v) is 6.96. The van der Waals surface area contributed by atoms with E-state index in [0.29, 0.717) is 23.5 Å². The number of carbonyl (C=O) groups excluding carboxylic acids is 1. The summed E-state index contributed by atoms with van der Waals surface area (Å²) in [5.74, 6) is 0.647. The van der Waals surface area contributed by atoms with Crippen LogP contribution in [0.25, 0.3) is 0 Å². The highest BCUT2D eigenvalue weighted by Gasteiger charge is 2.32. The SMILES string of the molecule is Cc1ncc(C(=O)N2CCCC2CC(O)c2cccs2)c(C)n1. The van der Waals surface area contributed by atoms with E-state index >= 15 is 0 Å². The first kappa shape index (κ1) is 16.1. The quantitative estimate of drug-likeness (QED) is 0.935. The van der Waals surface area contributed by atoms with Crippen molar-refractivity contribution in [2.45, 2.75) is 45.3 Å². The Kier molecular flexibility index (Phi) is 4.73. The van der Waals surface area contributed by atoms with E-state index < -0.39 is 6.10 Å². The molecule has 1 N–H and O–H groups in total. The van der Waals surface area contributed by atoms with Crippen LogP contribution in [0.2, 0.25) is 0 Å². The van der Waals surface area contributed by atoms with Crippen LogP contribution < -0.4 is 0 Å². The molecule has 0 radical (unpaired) electrons. The van der Waals surface area contributed by atoms with E-state index in [1.807, 2.05) is 36.3 Å². The molecule has 2 atom stereocenters. The van der Waals surface area contributed by atoms with E-state index in [4.69, 9.17) is 0 Å². The first-order valence-electron chi connectivity index (χ1n) is 7.89. The van der Waals surface area contributed by atoms with Crippen LogP contribution >= 0.6 is 11.3 Å². The molecule has 23 heavy (non-hydrogen) atoms. The molecular weight excluding hydrogens is 310 g/mol. The summed E-state index contributed by atoms with van der Waals surface area (Å²) in [7, 11) is 0. The first-order valence-corrected chi connectivity index (χ1v) is 8.77. The number of carbonyl (C=O) groups is 1. The maximum absolute atomic E-state index is 12.8. The third kappa shape index (κ3) is 3.43. The van der Waals surface area contributed by atoms with Crippen molar-refractivity contribution in [3.05, 3.63) is 45.7 Å². The molecule has 0 spiro atoms. The van der Waals surface area contributed by atoms with Crippen molar-refractivity contribution in [1.82, 2.24) is 14.9 Å². The van der Waals surface area contributed by atoms with Gasteiger partial charge in [-0.15, -0.1) is 11.3 Å². The molecule has 1 fully saturated rings. The Morgan fingerprint density at radius 1 is 1.52 bits per heavy atom. The second-order valence-electron chi connectivity index (χ2n) is 5.98. The Morgan fingerprint density at radius 2 is 2.35 bits per heavy atom. The minimum Gasteiger partial charge on any atom is -0.387 e. The zero-order valence-electron chi connectivity index (χ0n) is 13.4. The number of aliphatic hydroxyl groups excluding tert-OH is 1. The smallest absolute Gasteiger partial charge is 0.257 e. The molecule has 5 nitrogen and oxygen atoms in total. The monoisotopic (exact) mass is 331 g/mol. The fraction of sp³-hybridized carbons (Fsp3) is 0.471. The first-order chi connectivity index (χ1) is 11.1. The molecular formula is C17H21N3O2S. The summed E-state index contributed by atoms with van der Waals surface area (Å²) < 4.78 is 0. The topological polar surface area (TPSA) is 66.3 Å². The molecule has 1 amide bonds. The van der Waals surface area contributed by atoms with Crippen LogP contribution in [-0.2, 0) is 0 Å². The minimum absolute atomic E-state index is 0.0246. The summed E-state index contributed by atoms with van der Waals surface area (Å²) in [6.07, 6.45) is 3.59. The molecule has 3 heterocycles. The average molecular weight is 331 g/mol. The standard InChI is InChI=1S/C17H21N3O2S/c1-11-14(10-18-12(2)19-11)17(22)20-7-3-5-13(20)9-15(21)16-6-4-8-23-16/h4,6,8,10,13,15,21H,3,5,7,9H2,1-2H3. The van der Waals surface area contributed by atoms with Crippen molar-refractivity contribution in [3.8, 4) is 0 Å². The van der Waals surface area contributed by atoms with E-state index in [1.54, 1.807) is 17.5 Å². The Hall–Kier alpha value is -1.79. The van der Waals surface area contributed by atoms with Crippen molar-refractivity contribution in [2.24, 2.45) is 0 Å². The zero-order chi connectivity index (χ0) is 16.4. The number of amides is 1. The van der Waals surface area contributed by atoms with E-state index in [-0.39, 0.29) is 11.9 Å². The van der Waals surface area contributed by atoms with Crippen molar-refractivity contribution in [3.63, 3.8) is 0 Å². The molecule has 6 heteroatoms. The molecule has 1 aliphatic rings. The number of aliphatic hydroxyl groups is 1. The molecule has 1 aliphatic heterocycles. The van der Waals surface area contributed by atoms with Gasteiger partial charge in [-0.2, -0.15) is 0 Å². The molecule has 2 aromatic rings. The summed E-state index contributed by atoms with van der Waals surface area (Å²) in [5, 5.41) is 12.3. The van der Waals surface area contributed by atoms with Gasteiger partial charge in [-0.3, -0.25) is 4.79 Å². The van der Waals surface area contributed by atoms with E-state index in [0.717, 1.165) is 24.3 Å². The maximum atomic E-state index is 12.8. The second kappa shape index (κ2) is 6.76. The van der Waals surface area contributed by atoms with E-state index in [9.17, 15) is 9.90 Å². The van der Waals surface area contributed by atoms with Crippen LogP contribution in [0.1, 0.15) is 52.1 Å². The number of likely N-dealkylation sites (tertiary alicyclic amines) is 1. The Morgan fingerprint density at radius 3 is 3.04 bits per heavy atom. The van der Waals surface area contributed by atoms with Crippen molar-refractivity contribution in [1.29, 1.82) is 0 Å². The predicted octanol–water partition coefficient (Wildman–Crippen LogP) is 2.88. The van der Waals surface area contributed by atoms with Gasteiger partial charge in [-0.25, -0.2) is 9.97 Å². The number of nitrogens with zero attached hydrogens (tertiary/aromatic N) is 3. The lowest BCUT2D eigenvalue weighted by Crippen LogP contribution is -2.37. The summed E-state index contributed by atoms with van der Waals surface area (Å²) in [5.41, 5.74) is 1.28. The number of hydrogen-bond donors (Lipinski definition) is 1. The lowest BCUT2D eigenvalue weighted by atomic mass is 10.0. The van der Waals surface area contributed by atoms with Gasteiger partial charge in [-0.1, -0.05) is 6.07 Å². The molecule has 1 saturated heterocycles. The van der Waals surface area contributed by atoms with Gasteiger partial charge in [0.05, 0.1) is 17.4 Å². The van der Waals surface area contributed by atoms with Gasteiger partial charge in [0.2, 0.25) is 0 Å². The van der Waals surface area contributed by atoms with Gasteiger partial charge in [0, 0.05) is 23.7 Å². The molecule has 0 aliphatic carbocycles. The molecule has 3 rings (SSSR count). The number of aryl methyl sites for hydroxylation is 2. The fourth-order valence-electron chi connectivity index (χ4n) is 3.15. The van der Waals surface area contributed by atoms with Crippen LogP contribution in [0, 0.1) is 13.8 Å². The van der Waals surface area contributed by atoms with Crippen molar-refractivity contribution in [2.75, 3.05) is 6.54 Å². The van der Waals surface area contributed by atoms with E-state index in [1.165, 1.54) is 0 Å². The Labute approximate surface area is 140 Å². The lowest BCUT2D eigenvalue weighted by Gasteiger charge is -2.26. The van der Waals surface area contributed by atoms with Crippen molar-refractivity contribution < 1.29 is 9.90 Å². The molecule has 0 aromatic carbocycles. The highest BCUT2D eigenvalue weighted by atomic mass is 32.1. The Bertz CT molecular complexity index is 687. The van der Waals surface area contributed by atoms with Gasteiger partial charge in [0.25, 0.3) is 5.91 Å². The number of rotatable bonds is 4. The van der Waals surface area contributed by atoms with Crippen molar-refractivity contribution >= 4 is 17.2 Å². The molecule has 2 aromatic heterocycles. The highest BCUT2D eigenvalue weighted by molar-refractivity contribution is 7.10. The summed E-state index contributed by atoms with van der Waals surface area (Å²) >= 11 is 1.55. The van der Waals surface area contributed by atoms with Crippen LogP contribution in [-0.4, -0.2) is 38.5 Å². The van der Waals surface area contributed by atoms with Crippen LogP contribution in [0.4, 0.5) is 0 Å². The maximum Gasteiger partial charge on any atom is 0.257 e. The molecule has 122 valence electrons. The average Bonchev–Trinajstić information content (AvgIpc) is 3.18. The fourth-order valence-corrected chi connectivity index (χ4v) is 3.88. The normalized spacial score (nSPS) is 19.1. The van der Waals surface area contributed by atoms with Gasteiger partial charge in [0.1, 0.15) is 5.82 Å². The van der Waals surface area contributed by atoms with E-state index in [2.05, 4.69) is 9.97 Å². The third-order valence-corrected chi connectivity index (χ3v) is 5.31. The van der Waals surface area contributed by atoms with Gasteiger partial charge in [0.15, 0.2) is 0 Å².